The molecule has 1 aliphatic rings. The van der Waals surface area contributed by atoms with Crippen molar-refractivity contribution in [3.05, 3.63) is 12.2 Å². The molecule has 0 spiro atoms. The summed E-state index contributed by atoms with van der Waals surface area (Å²) in [7, 11) is 0. The van der Waals surface area contributed by atoms with E-state index in [1.807, 2.05) is 6.92 Å². The van der Waals surface area contributed by atoms with Crippen LogP contribution in [0.15, 0.2) is 12.2 Å². The van der Waals surface area contributed by atoms with Crippen LogP contribution in [0.5, 0.6) is 0 Å². The molecule has 2 nitrogen and oxygen atoms in total. The predicted molar refractivity (Wildman–Crippen MR) is 70.1 cm³/mol. The number of ether oxygens (including phenoxy) is 1. The normalized spacial score (nSPS) is 26.8. The maximum Gasteiger partial charge on any atom is 0.330 e. The van der Waals surface area contributed by atoms with Crippen molar-refractivity contribution in [3.63, 3.8) is 0 Å². The third-order valence-corrected chi connectivity index (χ3v) is 4.06. The molecule has 0 bridgehead atoms. The van der Waals surface area contributed by atoms with Crippen LogP contribution >= 0.6 is 22.6 Å². The minimum atomic E-state index is -0.199. The number of allylic oxidation sites excluding steroid dienone is 1. The van der Waals surface area contributed by atoms with Crippen LogP contribution in [0.4, 0.5) is 0 Å². The Bertz CT molecular complexity index is 226. The van der Waals surface area contributed by atoms with E-state index < -0.39 is 0 Å². The van der Waals surface area contributed by atoms with E-state index in [2.05, 4.69) is 28.7 Å². The van der Waals surface area contributed by atoms with Gasteiger partial charge in [0.15, 0.2) is 0 Å². The fourth-order valence-electron chi connectivity index (χ4n) is 2.07. The third kappa shape index (κ3) is 4.53. The molecule has 3 heteroatoms. The van der Waals surface area contributed by atoms with Crippen molar-refractivity contribution in [2.45, 2.75) is 32.6 Å². The smallest absolute Gasteiger partial charge is 0.330 e. The Labute approximate surface area is 106 Å². The number of carbonyl (C=O) groups excluding carboxylic acids is 1. The fraction of sp³-hybridized carbons (Fsp3) is 0.750. The van der Waals surface area contributed by atoms with E-state index >= 15 is 0 Å². The molecule has 0 unspecified atom stereocenters. The van der Waals surface area contributed by atoms with E-state index in [9.17, 15) is 4.79 Å². The lowest BCUT2D eigenvalue weighted by molar-refractivity contribution is -0.137. The second-order valence-electron chi connectivity index (χ2n) is 3.97. The molecule has 0 amide bonds. The van der Waals surface area contributed by atoms with Crippen molar-refractivity contribution in [3.8, 4) is 0 Å². The Kier molecular flexibility index (Phi) is 6.29. The largest absolute Gasteiger partial charge is 0.463 e. The lowest BCUT2D eigenvalue weighted by Gasteiger charge is -2.27. The van der Waals surface area contributed by atoms with Crippen molar-refractivity contribution >= 4 is 28.6 Å². The Morgan fingerprint density at radius 1 is 1.47 bits per heavy atom. The molecule has 0 N–H and O–H groups in total. The second kappa shape index (κ2) is 7.25. The molecule has 0 radical (unpaired) electrons. The van der Waals surface area contributed by atoms with Crippen molar-refractivity contribution in [1.82, 2.24) is 0 Å². The summed E-state index contributed by atoms with van der Waals surface area (Å²) in [5, 5.41) is 0. The number of halogens is 1. The van der Waals surface area contributed by atoms with Crippen molar-refractivity contribution < 1.29 is 9.53 Å². The van der Waals surface area contributed by atoms with Gasteiger partial charge in [0, 0.05) is 10.5 Å². The highest BCUT2D eigenvalue weighted by molar-refractivity contribution is 14.1. The summed E-state index contributed by atoms with van der Waals surface area (Å²) in [4.78, 5) is 11.2. The average Bonchev–Trinajstić information content (AvgIpc) is 2.27. The summed E-state index contributed by atoms with van der Waals surface area (Å²) in [5.41, 5.74) is 0. The fourth-order valence-corrected chi connectivity index (χ4v) is 3.17. The molecule has 1 fully saturated rings. The standard InChI is InChI=1S/C12H19IO2/c1-2-15-12(14)8-7-10-5-3-4-6-11(10)9-13/h7-8,10-11H,2-6,9H2,1H3/b8-7+/t10-,11+/m1/s1. The number of rotatable bonds is 4. The van der Waals surface area contributed by atoms with Crippen LogP contribution in [-0.2, 0) is 9.53 Å². The summed E-state index contributed by atoms with van der Waals surface area (Å²) in [5.74, 6) is 1.14. The van der Waals surface area contributed by atoms with Crippen LogP contribution in [0.25, 0.3) is 0 Å². The van der Waals surface area contributed by atoms with Crippen LogP contribution in [0.1, 0.15) is 32.6 Å². The highest BCUT2D eigenvalue weighted by Gasteiger charge is 2.21. The molecular weight excluding hydrogens is 303 g/mol. The second-order valence-corrected chi connectivity index (χ2v) is 4.85. The van der Waals surface area contributed by atoms with Crippen molar-refractivity contribution in [2.75, 3.05) is 11.0 Å². The maximum absolute atomic E-state index is 11.2. The van der Waals surface area contributed by atoms with Crippen LogP contribution in [0.3, 0.4) is 0 Å². The molecule has 15 heavy (non-hydrogen) atoms. The number of alkyl halides is 1. The molecule has 0 aliphatic heterocycles. The average molecular weight is 322 g/mol. The molecule has 1 saturated carbocycles. The number of hydrogen-bond acceptors (Lipinski definition) is 2. The first-order valence-corrected chi connectivity index (χ1v) is 7.21. The van der Waals surface area contributed by atoms with Crippen LogP contribution in [0, 0.1) is 11.8 Å². The van der Waals surface area contributed by atoms with Gasteiger partial charge in [-0.05, 0) is 31.6 Å². The first-order chi connectivity index (χ1) is 7.27. The summed E-state index contributed by atoms with van der Waals surface area (Å²) >= 11 is 2.45. The number of esters is 1. The molecule has 2 atom stereocenters. The Hall–Kier alpha value is -0.0600. The monoisotopic (exact) mass is 322 g/mol. The third-order valence-electron chi connectivity index (χ3n) is 2.93. The zero-order valence-corrected chi connectivity index (χ0v) is 11.4. The van der Waals surface area contributed by atoms with Crippen LogP contribution in [0.2, 0.25) is 0 Å². The quantitative estimate of drug-likeness (QED) is 0.343. The lowest BCUT2D eigenvalue weighted by atomic mass is 9.80. The topological polar surface area (TPSA) is 26.3 Å². The van der Waals surface area contributed by atoms with Crippen molar-refractivity contribution in [1.29, 1.82) is 0 Å². The molecule has 1 aliphatic carbocycles. The van der Waals surface area contributed by atoms with Gasteiger partial charge < -0.3 is 4.74 Å². The van der Waals surface area contributed by atoms with E-state index in [4.69, 9.17) is 4.74 Å². The summed E-state index contributed by atoms with van der Waals surface area (Å²) in [6.45, 7) is 2.30. The lowest BCUT2D eigenvalue weighted by Crippen LogP contribution is -2.19. The maximum atomic E-state index is 11.2. The molecular formula is C12H19IO2. The van der Waals surface area contributed by atoms with E-state index in [0.29, 0.717) is 12.5 Å². The summed E-state index contributed by atoms with van der Waals surface area (Å²) in [6, 6.07) is 0. The Morgan fingerprint density at radius 2 is 2.20 bits per heavy atom. The molecule has 0 heterocycles. The van der Waals surface area contributed by atoms with Gasteiger partial charge >= 0.3 is 5.97 Å². The minimum Gasteiger partial charge on any atom is -0.463 e. The van der Waals surface area contributed by atoms with Crippen LogP contribution < -0.4 is 0 Å². The minimum absolute atomic E-state index is 0.199. The molecule has 0 aromatic heterocycles. The van der Waals surface area contributed by atoms with Gasteiger partial charge in [0.05, 0.1) is 6.61 Å². The van der Waals surface area contributed by atoms with E-state index in [1.165, 1.54) is 30.1 Å². The zero-order chi connectivity index (χ0) is 11.1. The van der Waals surface area contributed by atoms with E-state index in [1.54, 1.807) is 6.08 Å². The van der Waals surface area contributed by atoms with Gasteiger partial charge in [0.25, 0.3) is 0 Å². The first kappa shape index (κ1) is 13.0. The first-order valence-electron chi connectivity index (χ1n) is 5.68. The molecule has 0 saturated heterocycles. The predicted octanol–water partition coefficient (Wildman–Crippen LogP) is 3.35. The molecule has 1 rings (SSSR count). The van der Waals surface area contributed by atoms with Gasteiger partial charge in [-0.2, -0.15) is 0 Å². The molecule has 0 aromatic rings. The van der Waals surface area contributed by atoms with Gasteiger partial charge in [-0.1, -0.05) is 41.5 Å². The molecule has 86 valence electrons. The highest BCUT2D eigenvalue weighted by Crippen LogP contribution is 2.32. The van der Waals surface area contributed by atoms with E-state index in [-0.39, 0.29) is 5.97 Å². The SMILES string of the molecule is CCOC(=O)/C=C/[C@H]1CCCC[C@H]1CI. The van der Waals surface area contributed by atoms with Crippen LogP contribution in [-0.4, -0.2) is 17.0 Å². The number of carbonyl (C=O) groups is 1. The summed E-state index contributed by atoms with van der Waals surface area (Å²) < 4.78 is 6.06. The van der Waals surface area contributed by atoms with Gasteiger partial charge in [-0.3, -0.25) is 0 Å². The Balaban J connectivity index is 2.43. The van der Waals surface area contributed by atoms with Gasteiger partial charge in [-0.25, -0.2) is 4.79 Å². The van der Waals surface area contributed by atoms with Crippen molar-refractivity contribution in [2.24, 2.45) is 11.8 Å². The zero-order valence-electron chi connectivity index (χ0n) is 9.25. The van der Waals surface area contributed by atoms with Gasteiger partial charge in [0.1, 0.15) is 0 Å². The van der Waals surface area contributed by atoms with Gasteiger partial charge in [-0.15, -0.1) is 0 Å². The Morgan fingerprint density at radius 3 is 2.87 bits per heavy atom. The number of hydrogen-bond donors (Lipinski definition) is 0. The summed E-state index contributed by atoms with van der Waals surface area (Å²) in [6.07, 6.45) is 8.84. The van der Waals surface area contributed by atoms with Gasteiger partial charge in [0.2, 0.25) is 0 Å². The highest BCUT2D eigenvalue weighted by atomic mass is 127. The van der Waals surface area contributed by atoms with E-state index in [0.717, 1.165) is 5.92 Å². The molecule has 0 aromatic carbocycles.